The second-order valence-electron chi connectivity index (χ2n) is 3.65. The summed E-state index contributed by atoms with van der Waals surface area (Å²) < 4.78 is 55.2. The smallest absolute Gasteiger partial charge is 0.451 e. The molecule has 0 fully saturated rings. The Morgan fingerprint density at radius 2 is 1.94 bits per heavy atom. The molecule has 0 amide bonds. The Balaban J connectivity index is 2.72. The van der Waals surface area contributed by atoms with Crippen LogP contribution in [0.5, 0.6) is 0 Å². The number of halogens is 5. The van der Waals surface area contributed by atoms with Crippen molar-refractivity contribution >= 4 is 32.7 Å². The summed E-state index contributed by atoms with van der Waals surface area (Å²) in [6.45, 7) is 1.27. The summed E-state index contributed by atoms with van der Waals surface area (Å²) in [5, 5.41) is 0.134. The van der Waals surface area contributed by atoms with E-state index in [0.717, 1.165) is 12.1 Å². The molecule has 0 unspecified atom stereocenters. The Labute approximate surface area is 107 Å². The minimum Gasteiger partial charge on any atom is -0.451 e. The van der Waals surface area contributed by atoms with Crippen LogP contribution in [0.25, 0.3) is 11.0 Å². The van der Waals surface area contributed by atoms with Gasteiger partial charge in [-0.2, -0.15) is 13.2 Å². The van der Waals surface area contributed by atoms with Crippen LogP contribution in [0.3, 0.4) is 0 Å². The van der Waals surface area contributed by atoms with E-state index >= 15 is 0 Å². The molecule has 0 saturated heterocycles. The van der Waals surface area contributed by atoms with Crippen LogP contribution in [0.15, 0.2) is 21.0 Å². The highest BCUT2D eigenvalue weighted by atomic mass is 79.9. The fourth-order valence-electron chi connectivity index (χ4n) is 1.59. The first kappa shape index (κ1) is 13.1. The highest BCUT2D eigenvalue weighted by Crippen LogP contribution is 2.34. The molecule has 18 heavy (non-hydrogen) atoms. The molecule has 2 rings (SSSR count). The minimum absolute atomic E-state index is 0.0153. The molecule has 2 aromatic rings. The lowest BCUT2D eigenvalue weighted by molar-refractivity contribution is -0.0899. The van der Waals surface area contributed by atoms with E-state index < -0.39 is 23.5 Å². The number of hydrogen-bond acceptors (Lipinski definition) is 2. The van der Waals surface area contributed by atoms with Crippen molar-refractivity contribution in [3.8, 4) is 0 Å². The van der Waals surface area contributed by atoms with Gasteiger partial charge in [0.25, 0.3) is 0 Å². The predicted molar refractivity (Wildman–Crippen MR) is 59.0 cm³/mol. The lowest BCUT2D eigenvalue weighted by Gasteiger charge is -2.02. The van der Waals surface area contributed by atoms with E-state index in [4.69, 9.17) is 4.42 Å². The number of furan rings is 1. The highest BCUT2D eigenvalue weighted by Gasteiger charge is 2.42. The summed E-state index contributed by atoms with van der Waals surface area (Å²) in [7, 11) is 0. The van der Waals surface area contributed by atoms with Crippen LogP contribution in [0.1, 0.15) is 16.1 Å². The van der Waals surface area contributed by atoms with E-state index in [0.29, 0.717) is 0 Å². The van der Waals surface area contributed by atoms with Crippen molar-refractivity contribution in [2.24, 2.45) is 0 Å². The summed E-state index contributed by atoms with van der Waals surface area (Å²) >= 11 is 2.97. The molecule has 96 valence electrons. The predicted octanol–water partition coefficient (Wildman–Crippen LogP) is 4.39. The molecule has 1 heterocycles. The molecule has 0 bridgehead atoms. The number of carbonyl (C=O) groups excluding carboxylic acids is 1. The molecule has 0 radical (unpaired) electrons. The average molecular weight is 325 g/mol. The van der Waals surface area contributed by atoms with Gasteiger partial charge in [0, 0.05) is 10.9 Å². The molecule has 0 N–H and O–H groups in total. The molecular weight excluding hydrogens is 320 g/mol. The van der Waals surface area contributed by atoms with Crippen LogP contribution in [-0.2, 0) is 0 Å². The van der Waals surface area contributed by atoms with Gasteiger partial charge in [-0.15, -0.1) is 0 Å². The van der Waals surface area contributed by atoms with Crippen molar-refractivity contribution in [2.75, 3.05) is 0 Å². The number of Topliss-reactive ketones (excluding diaryl/α,β-unsaturated/α-hetero) is 1. The van der Waals surface area contributed by atoms with E-state index in [2.05, 4.69) is 15.9 Å². The number of alkyl halides is 3. The minimum atomic E-state index is -5.02. The number of aryl methyl sites for hydroxylation is 1. The van der Waals surface area contributed by atoms with Crippen molar-refractivity contribution in [2.45, 2.75) is 13.1 Å². The quantitative estimate of drug-likeness (QED) is 0.575. The van der Waals surface area contributed by atoms with Gasteiger partial charge in [-0.25, -0.2) is 4.39 Å². The fourth-order valence-corrected chi connectivity index (χ4v) is 2.10. The highest BCUT2D eigenvalue weighted by molar-refractivity contribution is 9.10. The van der Waals surface area contributed by atoms with Gasteiger partial charge in [-0.1, -0.05) is 0 Å². The van der Waals surface area contributed by atoms with E-state index in [1.54, 1.807) is 0 Å². The van der Waals surface area contributed by atoms with Gasteiger partial charge >= 0.3 is 12.0 Å². The van der Waals surface area contributed by atoms with Gasteiger partial charge in [0.05, 0.1) is 4.47 Å². The lowest BCUT2D eigenvalue weighted by Crippen LogP contribution is -2.22. The topological polar surface area (TPSA) is 30.2 Å². The molecule has 1 aromatic carbocycles. The van der Waals surface area contributed by atoms with Crippen LogP contribution in [0, 0.1) is 12.7 Å². The molecule has 0 aliphatic carbocycles. The Morgan fingerprint density at radius 1 is 1.33 bits per heavy atom. The molecule has 0 atom stereocenters. The van der Waals surface area contributed by atoms with Gasteiger partial charge in [0.2, 0.25) is 0 Å². The summed E-state index contributed by atoms with van der Waals surface area (Å²) in [6.07, 6.45) is -5.02. The first-order valence-electron chi connectivity index (χ1n) is 4.71. The monoisotopic (exact) mass is 324 g/mol. The third kappa shape index (κ3) is 2.03. The molecule has 1 aromatic heterocycles. The average Bonchev–Trinajstić information content (AvgIpc) is 2.54. The second-order valence-corrected chi connectivity index (χ2v) is 4.50. The van der Waals surface area contributed by atoms with Crippen molar-refractivity contribution in [3.05, 3.63) is 33.7 Å². The second kappa shape index (κ2) is 4.08. The molecular formula is C11H5BrF4O2. The first-order valence-corrected chi connectivity index (χ1v) is 5.50. The zero-order valence-electron chi connectivity index (χ0n) is 8.86. The van der Waals surface area contributed by atoms with Crippen LogP contribution < -0.4 is 0 Å². The molecule has 0 saturated carbocycles. The Kier molecular flexibility index (Phi) is 2.96. The number of benzene rings is 1. The summed E-state index contributed by atoms with van der Waals surface area (Å²) in [5.41, 5.74) is -0.0194. The fraction of sp³-hybridized carbons (Fsp3) is 0.182. The summed E-state index contributed by atoms with van der Waals surface area (Å²) in [6, 6.07) is 2.07. The third-order valence-electron chi connectivity index (χ3n) is 2.42. The Bertz CT molecular complexity index is 643. The van der Waals surface area contributed by atoms with E-state index in [9.17, 15) is 22.4 Å². The SMILES string of the molecule is Cc1c(C(=O)C(F)(F)F)oc2c(Br)cc(F)cc12. The number of carbonyl (C=O) groups is 1. The van der Waals surface area contributed by atoms with E-state index in [1.807, 2.05) is 0 Å². The van der Waals surface area contributed by atoms with E-state index in [1.165, 1.54) is 6.92 Å². The lowest BCUT2D eigenvalue weighted by atomic mass is 10.1. The van der Waals surface area contributed by atoms with Gasteiger partial charge < -0.3 is 4.42 Å². The van der Waals surface area contributed by atoms with Gasteiger partial charge in [-0.3, -0.25) is 4.79 Å². The largest absolute Gasteiger partial charge is 0.458 e. The zero-order chi connectivity index (χ0) is 13.7. The van der Waals surface area contributed by atoms with Crippen molar-refractivity contribution in [1.82, 2.24) is 0 Å². The zero-order valence-corrected chi connectivity index (χ0v) is 10.4. The van der Waals surface area contributed by atoms with Crippen molar-refractivity contribution in [3.63, 3.8) is 0 Å². The molecule has 7 heteroatoms. The van der Waals surface area contributed by atoms with Crippen LogP contribution in [0.2, 0.25) is 0 Å². The molecule has 0 aliphatic heterocycles. The Morgan fingerprint density at radius 3 is 2.50 bits per heavy atom. The van der Waals surface area contributed by atoms with Crippen LogP contribution >= 0.6 is 15.9 Å². The van der Waals surface area contributed by atoms with Gasteiger partial charge in [0.15, 0.2) is 5.76 Å². The van der Waals surface area contributed by atoms with Crippen LogP contribution in [-0.4, -0.2) is 12.0 Å². The van der Waals surface area contributed by atoms with Crippen molar-refractivity contribution < 1.29 is 26.8 Å². The maximum absolute atomic E-state index is 13.1. The number of fused-ring (bicyclic) bond motifs is 1. The van der Waals surface area contributed by atoms with Crippen molar-refractivity contribution in [1.29, 1.82) is 0 Å². The number of ketones is 1. The Hall–Kier alpha value is -1.37. The maximum Gasteiger partial charge on any atom is 0.458 e. The normalized spacial score (nSPS) is 12.1. The molecule has 0 spiro atoms. The number of rotatable bonds is 1. The third-order valence-corrected chi connectivity index (χ3v) is 3.01. The van der Waals surface area contributed by atoms with Gasteiger partial charge in [0.1, 0.15) is 11.4 Å². The first-order chi connectivity index (χ1) is 8.21. The molecule has 0 aliphatic rings. The summed E-state index contributed by atoms with van der Waals surface area (Å²) in [5.74, 6) is -3.53. The standard InChI is InChI=1S/C11H5BrF4O2/c1-4-6-2-5(13)3-7(12)9(6)18-8(4)10(17)11(14,15)16/h2-3H,1H3. The molecule has 2 nitrogen and oxygen atoms in total. The van der Waals surface area contributed by atoms with Crippen LogP contribution in [0.4, 0.5) is 17.6 Å². The maximum atomic E-state index is 13.1. The number of hydrogen-bond donors (Lipinski definition) is 0. The van der Waals surface area contributed by atoms with E-state index in [-0.39, 0.29) is 21.0 Å². The van der Waals surface area contributed by atoms with Gasteiger partial charge in [-0.05, 0) is 35.0 Å². The summed E-state index contributed by atoms with van der Waals surface area (Å²) in [4.78, 5) is 11.1.